The van der Waals surface area contributed by atoms with Crippen molar-refractivity contribution in [2.45, 2.75) is 26.2 Å². The second-order valence-corrected chi connectivity index (χ2v) is 3.86. The van der Waals surface area contributed by atoms with E-state index in [0.29, 0.717) is 18.6 Å². The normalized spacial score (nSPS) is 12.3. The molecule has 17 heavy (non-hydrogen) atoms. The van der Waals surface area contributed by atoms with Crippen LogP contribution in [0.2, 0.25) is 0 Å². The van der Waals surface area contributed by atoms with Crippen LogP contribution in [0, 0.1) is 0 Å². The predicted molar refractivity (Wildman–Crippen MR) is 60.5 cm³/mol. The quantitative estimate of drug-likeness (QED) is 0.861. The van der Waals surface area contributed by atoms with E-state index in [1.165, 1.54) is 12.1 Å². The van der Waals surface area contributed by atoms with Crippen molar-refractivity contribution in [3.05, 3.63) is 35.5 Å². The summed E-state index contributed by atoms with van der Waals surface area (Å²) in [6.07, 6.45) is -4.31. The Kier molecular flexibility index (Phi) is 2.87. The topological polar surface area (TPSA) is 30.9 Å². The minimum Gasteiger partial charge on any atom is -0.344 e. The molecule has 0 aliphatic heterocycles. The number of nitrogens with two attached hydrogens (primary N) is 1. The molecular formula is C12H13F3N2. The minimum atomic E-state index is -4.31. The van der Waals surface area contributed by atoms with Gasteiger partial charge in [-0.2, -0.15) is 13.2 Å². The molecule has 0 amide bonds. The van der Waals surface area contributed by atoms with Gasteiger partial charge >= 0.3 is 6.18 Å². The monoisotopic (exact) mass is 242 g/mol. The number of alkyl halides is 3. The number of rotatable bonds is 2. The molecular weight excluding hydrogens is 229 g/mol. The Morgan fingerprint density at radius 3 is 2.47 bits per heavy atom. The summed E-state index contributed by atoms with van der Waals surface area (Å²) in [4.78, 5) is 0. The van der Waals surface area contributed by atoms with Gasteiger partial charge in [0.05, 0.1) is 5.56 Å². The molecule has 0 unspecified atom stereocenters. The second kappa shape index (κ2) is 4.07. The molecule has 0 atom stereocenters. The van der Waals surface area contributed by atoms with Gasteiger partial charge in [-0.05, 0) is 30.5 Å². The largest absolute Gasteiger partial charge is 0.416 e. The lowest BCUT2D eigenvalue weighted by atomic mass is 10.1. The Balaban J connectivity index is 2.67. The van der Waals surface area contributed by atoms with Crippen molar-refractivity contribution in [2.24, 2.45) is 5.73 Å². The standard InChI is InChI=1S/C12H13F3N2/c1-2-17-10(7-16)5-8-3-4-9(6-11(8)17)12(13,14)15/h3-6H,2,7,16H2,1H3. The number of benzene rings is 1. The summed E-state index contributed by atoms with van der Waals surface area (Å²) >= 11 is 0. The van der Waals surface area contributed by atoms with E-state index in [9.17, 15) is 13.2 Å². The summed E-state index contributed by atoms with van der Waals surface area (Å²) in [5.41, 5.74) is 6.38. The van der Waals surface area contributed by atoms with Crippen LogP contribution in [0.3, 0.4) is 0 Å². The van der Waals surface area contributed by atoms with E-state index in [-0.39, 0.29) is 0 Å². The molecule has 0 radical (unpaired) electrons. The van der Waals surface area contributed by atoms with E-state index < -0.39 is 11.7 Å². The molecule has 2 aromatic rings. The highest BCUT2D eigenvalue weighted by Crippen LogP contribution is 2.32. The van der Waals surface area contributed by atoms with Crippen LogP contribution < -0.4 is 5.73 Å². The maximum absolute atomic E-state index is 12.6. The molecule has 0 aliphatic rings. The number of aryl methyl sites for hydroxylation is 1. The zero-order chi connectivity index (χ0) is 12.6. The predicted octanol–water partition coefficient (Wildman–Crippen LogP) is 3.14. The maximum atomic E-state index is 12.6. The van der Waals surface area contributed by atoms with Crippen LogP contribution in [-0.2, 0) is 19.3 Å². The van der Waals surface area contributed by atoms with Crippen LogP contribution in [0.1, 0.15) is 18.2 Å². The molecule has 2 nitrogen and oxygen atoms in total. The summed E-state index contributed by atoms with van der Waals surface area (Å²) in [6.45, 7) is 2.82. The van der Waals surface area contributed by atoms with E-state index in [1.807, 2.05) is 17.6 Å². The first kappa shape index (κ1) is 12.0. The van der Waals surface area contributed by atoms with E-state index >= 15 is 0 Å². The molecule has 0 bridgehead atoms. The Morgan fingerprint density at radius 2 is 1.94 bits per heavy atom. The Bertz CT molecular complexity index is 540. The third-order valence-electron chi connectivity index (χ3n) is 2.84. The maximum Gasteiger partial charge on any atom is 0.416 e. The molecule has 0 aliphatic carbocycles. The van der Waals surface area contributed by atoms with Crippen molar-refractivity contribution in [1.82, 2.24) is 4.57 Å². The molecule has 1 heterocycles. The first-order chi connectivity index (χ1) is 7.97. The lowest BCUT2D eigenvalue weighted by Gasteiger charge is -2.09. The molecule has 0 saturated carbocycles. The minimum absolute atomic E-state index is 0.323. The van der Waals surface area contributed by atoms with Crippen molar-refractivity contribution in [3.8, 4) is 0 Å². The van der Waals surface area contributed by atoms with E-state index in [1.54, 1.807) is 0 Å². The molecule has 0 saturated heterocycles. The van der Waals surface area contributed by atoms with Gasteiger partial charge in [0.15, 0.2) is 0 Å². The Hall–Kier alpha value is -1.49. The third kappa shape index (κ3) is 2.02. The molecule has 2 N–H and O–H groups in total. The van der Waals surface area contributed by atoms with Crippen molar-refractivity contribution >= 4 is 10.9 Å². The van der Waals surface area contributed by atoms with Crippen LogP contribution in [-0.4, -0.2) is 4.57 Å². The zero-order valence-electron chi connectivity index (χ0n) is 9.38. The zero-order valence-corrected chi connectivity index (χ0v) is 9.38. The molecule has 2 rings (SSSR count). The van der Waals surface area contributed by atoms with Crippen LogP contribution in [0.25, 0.3) is 10.9 Å². The van der Waals surface area contributed by atoms with Crippen LogP contribution >= 0.6 is 0 Å². The SMILES string of the molecule is CCn1c(CN)cc2ccc(C(F)(F)F)cc21. The molecule has 1 aromatic carbocycles. The smallest absolute Gasteiger partial charge is 0.344 e. The van der Waals surface area contributed by atoms with E-state index in [2.05, 4.69) is 0 Å². The summed E-state index contributed by atoms with van der Waals surface area (Å²) < 4.78 is 39.6. The highest BCUT2D eigenvalue weighted by molar-refractivity contribution is 5.82. The number of hydrogen-bond acceptors (Lipinski definition) is 1. The van der Waals surface area contributed by atoms with Gasteiger partial charge in [0.25, 0.3) is 0 Å². The first-order valence-electron chi connectivity index (χ1n) is 5.36. The lowest BCUT2D eigenvalue weighted by Crippen LogP contribution is -2.07. The fraction of sp³-hybridized carbons (Fsp3) is 0.333. The number of hydrogen-bond donors (Lipinski definition) is 1. The van der Waals surface area contributed by atoms with Gasteiger partial charge in [-0.25, -0.2) is 0 Å². The number of halogens is 3. The average molecular weight is 242 g/mol. The summed E-state index contributed by atoms with van der Waals surface area (Å²) in [7, 11) is 0. The fourth-order valence-electron chi connectivity index (χ4n) is 2.03. The molecule has 1 aromatic heterocycles. The van der Waals surface area contributed by atoms with Gasteiger partial charge in [0, 0.05) is 24.3 Å². The Morgan fingerprint density at radius 1 is 1.24 bits per heavy atom. The lowest BCUT2D eigenvalue weighted by molar-refractivity contribution is -0.137. The van der Waals surface area contributed by atoms with Gasteiger partial charge < -0.3 is 10.3 Å². The van der Waals surface area contributed by atoms with Crippen LogP contribution in [0.4, 0.5) is 13.2 Å². The molecule has 5 heteroatoms. The second-order valence-electron chi connectivity index (χ2n) is 3.86. The van der Waals surface area contributed by atoms with Gasteiger partial charge in [-0.3, -0.25) is 0 Å². The van der Waals surface area contributed by atoms with E-state index in [4.69, 9.17) is 5.73 Å². The highest BCUT2D eigenvalue weighted by Gasteiger charge is 2.30. The third-order valence-corrected chi connectivity index (χ3v) is 2.84. The number of aromatic nitrogens is 1. The fourth-order valence-corrected chi connectivity index (χ4v) is 2.03. The van der Waals surface area contributed by atoms with Gasteiger partial charge in [0.1, 0.15) is 0 Å². The van der Waals surface area contributed by atoms with E-state index in [0.717, 1.165) is 17.1 Å². The van der Waals surface area contributed by atoms with Crippen molar-refractivity contribution in [2.75, 3.05) is 0 Å². The van der Waals surface area contributed by atoms with Gasteiger partial charge in [0.2, 0.25) is 0 Å². The molecule has 0 fully saturated rings. The molecule has 92 valence electrons. The van der Waals surface area contributed by atoms with Gasteiger partial charge in [-0.1, -0.05) is 6.07 Å². The summed E-state index contributed by atoms with van der Waals surface area (Å²) in [5.74, 6) is 0. The van der Waals surface area contributed by atoms with Crippen molar-refractivity contribution in [1.29, 1.82) is 0 Å². The summed E-state index contributed by atoms with van der Waals surface area (Å²) in [6, 6.07) is 5.60. The van der Waals surface area contributed by atoms with Crippen LogP contribution in [0.5, 0.6) is 0 Å². The highest BCUT2D eigenvalue weighted by atomic mass is 19.4. The van der Waals surface area contributed by atoms with Crippen molar-refractivity contribution < 1.29 is 13.2 Å². The Labute approximate surface area is 96.8 Å². The average Bonchev–Trinajstić information content (AvgIpc) is 2.64. The number of fused-ring (bicyclic) bond motifs is 1. The first-order valence-corrected chi connectivity index (χ1v) is 5.36. The van der Waals surface area contributed by atoms with Gasteiger partial charge in [-0.15, -0.1) is 0 Å². The van der Waals surface area contributed by atoms with Crippen molar-refractivity contribution in [3.63, 3.8) is 0 Å². The van der Waals surface area contributed by atoms with Crippen LogP contribution in [0.15, 0.2) is 24.3 Å². The summed E-state index contributed by atoms with van der Waals surface area (Å²) in [5, 5.41) is 0.792. The molecule has 0 spiro atoms. The number of nitrogens with zero attached hydrogens (tertiary/aromatic N) is 1.